The maximum atomic E-state index is 12.2. The predicted octanol–water partition coefficient (Wildman–Crippen LogP) is 0.730. The van der Waals surface area contributed by atoms with E-state index < -0.39 is 0 Å². The second kappa shape index (κ2) is 7.21. The van der Waals surface area contributed by atoms with Crippen molar-refractivity contribution in [1.29, 1.82) is 5.26 Å². The van der Waals surface area contributed by atoms with Gasteiger partial charge in [-0.3, -0.25) is 9.69 Å². The molecule has 5 nitrogen and oxygen atoms in total. The maximum absolute atomic E-state index is 12.2. The molecular weight excluding hydrogens is 264 g/mol. The van der Waals surface area contributed by atoms with Gasteiger partial charge < -0.3 is 10.2 Å². The number of amides is 1. The molecule has 1 aliphatic heterocycles. The number of hydrogen-bond donors (Lipinski definition) is 1. The van der Waals surface area contributed by atoms with Crippen molar-refractivity contribution < 1.29 is 4.79 Å². The molecule has 0 aromatic heterocycles. The van der Waals surface area contributed by atoms with E-state index in [1.165, 1.54) is 0 Å². The van der Waals surface area contributed by atoms with Crippen LogP contribution in [-0.4, -0.2) is 55.5 Å². The molecule has 0 bridgehead atoms. The average molecular weight is 286 g/mol. The van der Waals surface area contributed by atoms with Crippen molar-refractivity contribution in [2.24, 2.45) is 0 Å². The van der Waals surface area contributed by atoms with Crippen LogP contribution in [0, 0.1) is 18.3 Å². The summed E-state index contributed by atoms with van der Waals surface area (Å²) in [6.45, 7) is 6.50. The number of aryl methyl sites for hydroxylation is 1. The van der Waals surface area contributed by atoms with Crippen LogP contribution in [0.4, 0.5) is 0 Å². The minimum atomic E-state index is 0.185. The van der Waals surface area contributed by atoms with Crippen molar-refractivity contribution in [3.63, 3.8) is 0 Å². The molecule has 0 atom stereocenters. The van der Waals surface area contributed by atoms with Gasteiger partial charge in [0.1, 0.15) is 0 Å². The van der Waals surface area contributed by atoms with Gasteiger partial charge in [0.15, 0.2) is 0 Å². The molecule has 0 saturated carbocycles. The number of likely N-dealkylation sites (N-methyl/N-ethyl adjacent to an activating group) is 1. The van der Waals surface area contributed by atoms with Crippen LogP contribution in [0.15, 0.2) is 18.2 Å². The van der Waals surface area contributed by atoms with Gasteiger partial charge in [0.05, 0.1) is 18.2 Å². The summed E-state index contributed by atoms with van der Waals surface area (Å²) in [5.41, 5.74) is 2.93. The highest BCUT2D eigenvalue weighted by Crippen LogP contribution is 2.12. The molecule has 112 valence electrons. The smallest absolute Gasteiger partial charge is 0.236 e. The number of piperazine rings is 1. The molecule has 1 fully saturated rings. The Kier molecular flexibility index (Phi) is 5.32. The van der Waals surface area contributed by atoms with E-state index in [1.807, 2.05) is 42.0 Å². The Morgan fingerprint density at radius 3 is 2.76 bits per heavy atom. The minimum Gasteiger partial charge on any atom is -0.339 e. The monoisotopic (exact) mass is 286 g/mol. The SMILES string of the molecule is Cc1cc(C#N)ccc1CN(C)CC(=O)N1CCNCC1. The van der Waals surface area contributed by atoms with Crippen LogP contribution in [0.1, 0.15) is 16.7 Å². The fourth-order valence-corrected chi connectivity index (χ4v) is 2.53. The number of carbonyl (C=O) groups is 1. The third-order valence-electron chi connectivity index (χ3n) is 3.79. The molecule has 1 aliphatic rings. The van der Waals surface area contributed by atoms with Crippen molar-refractivity contribution in [2.45, 2.75) is 13.5 Å². The summed E-state index contributed by atoms with van der Waals surface area (Å²) in [5.74, 6) is 0.185. The molecule has 0 spiro atoms. The zero-order valence-electron chi connectivity index (χ0n) is 12.7. The van der Waals surface area contributed by atoms with Gasteiger partial charge >= 0.3 is 0 Å². The highest BCUT2D eigenvalue weighted by atomic mass is 16.2. The number of benzene rings is 1. The lowest BCUT2D eigenvalue weighted by molar-refractivity contribution is -0.132. The standard InChI is InChI=1S/C16H22N4O/c1-13-9-14(10-17)3-4-15(13)11-19(2)12-16(21)20-7-5-18-6-8-20/h3-4,9,18H,5-8,11-12H2,1-2H3. The Balaban J connectivity index is 1.90. The van der Waals surface area contributed by atoms with Crippen molar-refractivity contribution in [3.8, 4) is 6.07 Å². The number of rotatable bonds is 4. The maximum Gasteiger partial charge on any atom is 0.236 e. The van der Waals surface area contributed by atoms with Gasteiger partial charge in [-0.2, -0.15) is 5.26 Å². The van der Waals surface area contributed by atoms with E-state index >= 15 is 0 Å². The second-order valence-electron chi connectivity index (χ2n) is 5.56. The Hall–Kier alpha value is -1.90. The first-order valence-electron chi connectivity index (χ1n) is 7.27. The Morgan fingerprint density at radius 1 is 1.43 bits per heavy atom. The molecule has 1 N–H and O–H groups in total. The molecule has 1 saturated heterocycles. The van der Waals surface area contributed by atoms with Gasteiger partial charge in [-0.25, -0.2) is 0 Å². The molecule has 1 amide bonds. The van der Waals surface area contributed by atoms with Crippen LogP contribution in [0.5, 0.6) is 0 Å². The Bertz CT molecular complexity index is 544. The first-order valence-corrected chi connectivity index (χ1v) is 7.27. The summed E-state index contributed by atoms with van der Waals surface area (Å²) in [6.07, 6.45) is 0. The lowest BCUT2D eigenvalue weighted by Crippen LogP contribution is -2.49. The Labute approximate surface area is 126 Å². The lowest BCUT2D eigenvalue weighted by atomic mass is 10.1. The quantitative estimate of drug-likeness (QED) is 0.886. The van der Waals surface area contributed by atoms with Gasteiger partial charge in [-0.05, 0) is 37.2 Å². The van der Waals surface area contributed by atoms with Crippen LogP contribution in [0.3, 0.4) is 0 Å². The first-order chi connectivity index (χ1) is 10.1. The van der Waals surface area contributed by atoms with Crippen molar-refractivity contribution in [2.75, 3.05) is 39.8 Å². The van der Waals surface area contributed by atoms with E-state index in [0.29, 0.717) is 12.1 Å². The molecule has 0 unspecified atom stereocenters. The predicted molar refractivity (Wildman–Crippen MR) is 81.7 cm³/mol. The highest BCUT2D eigenvalue weighted by molar-refractivity contribution is 5.78. The zero-order chi connectivity index (χ0) is 15.2. The highest BCUT2D eigenvalue weighted by Gasteiger charge is 2.17. The molecule has 2 rings (SSSR count). The topological polar surface area (TPSA) is 59.4 Å². The molecule has 0 radical (unpaired) electrons. The average Bonchev–Trinajstić information content (AvgIpc) is 2.50. The zero-order valence-corrected chi connectivity index (χ0v) is 12.7. The third kappa shape index (κ3) is 4.28. The van der Waals surface area contributed by atoms with E-state index in [0.717, 1.165) is 43.9 Å². The van der Waals surface area contributed by atoms with Gasteiger partial charge in [0, 0.05) is 32.7 Å². The fraction of sp³-hybridized carbons (Fsp3) is 0.500. The Morgan fingerprint density at radius 2 is 2.14 bits per heavy atom. The van der Waals surface area contributed by atoms with Crippen LogP contribution < -0.4 is 5.32 Å². The largest absolute Gasteiger partial charge is 0.339 e. The van der Waals surface area contributed by atoms with Crippen molar-refractivity contribution in [3.05, 3.63) is 34.9 Å². The van der Waals surface area contributed by atoms with Crippen LogP contribution >= 0.6 is 0 Å². The third-order valence-corrected chi connectivity index (χ3v) is 3.79. The second-order valence-corrected chi connectivity index (χ2v) is 5.56. The molecule has 1 aromatic carbocycles. The summed E-state index contributed by atoms with van der Waals surface area (Å²) in [4.78, 5) is 16.1. The molecular formula is C16H22N4O. The number of carbonyl (C=O) groups excluding carboxylic acids is 1. The summed E-state index contributed by atoms with van der Waals surface area (Å²) >= 11 is 0. The lowest BCUT2D eigenvalue weighted by Gasteiger charge is -2.29. The van der Waals surface area contributed by atoms with Crippen LogP contribution in [0.25, 0.3) is 0 Å². The van der Waals surface area contributed by atoms with Gasteiger partial charge in [-0.15, -0.1) is 0 Å². The number of hydrogen-bond acceptors (Lipinski definition) is 4. The summed E-state index contributed by atoms with van der Waals surface area (Å²) in [7, 11) is 1.96. The molecule has 21 heavy (non-hydrogen) atoms. The minimum absolute atomic E-state index is 0.185. The van der Waals surface area contributed by atoms with E-state index in [-0.39, 0.29) is 5.91 Å². The van der Waals surface area contributed by atoms with Crippen LogP contribution in [0.2, 0.25) is 0 Å². The summed E-state index contributed by atoms with van der Waals surface area (Å²) in [6, 6.07) is 7.83. The molecule has 1 heterocycles. The molecule has 0 aliphatic carbocycles. The fourth-order valence-electron chi connectivity index (χ4n) is 2.53. The van der Waals surface area contributed by atoms with Gasteiger partial charge in [-0.1, -0.05) is 6.07 Å². The normalized spacial score (nSPS) is 15.0. The first kappa shape index (κ1) is 15.5. The number of nitrogens with one attached hydrogen (secondary N) is 1. The van der Waals surface area contributed by atoms with Crippen molar-refractivity contribution in [1.82, 2.24) is 15.1 Å². The number of nitrogens with zero attached hydrogens (tertiary/aromatic N) is 3. The summed E-state index contributed by atoms with van der Waals surface area (Å²) < 4.78 is 0. The van der Waals surface area contributed by atoms with Crippen LogP contribution in [-0.2, 0) is 11.3 Å². The van der Waals surface area contributed by atoms with Crippen molar-refractivity contribution >= 4 is 5.91 Å². The number of nitriles is 1. The van der Waals surface area contributed by atoms with Gasteiger partial charge in [0.25, 0.3) is 0 Å². The van der Waals surface area contributed by atoms with E-state index in [2.05, 4.69) is 11.4 Å². The van der Waals surface area contributed by atoms with Gasteiger partial charge in [0.2, 0.25) is 5.91 Å². The van der Waals surface area contributed by atoms with E-state index in [9.17, 15) is 4.79 Å². The van der Waals surface area contributed by atoms with E-state index in [4.69, 9.17) is 5.26 Å². The molecule has 1 aromatic rings. The summed E-state index contributed by atoms with van der Waals surface area (Å²) in [5, 5.41) is 12.1. The van der Waals surface area contributed by atoms with E-state index in [1.54, 1.807) is 0 Å². The molecule has 5 heteroatoms.